The molecule has 9 heteroatoms. The minimum Gasteiger partial charge on any atom is -0.355 e. The summed E-state index contributed by atoms with van der Waals surface area (Å²) in [5.41, 5.74) is 5.09. The maximum atomic E-state index is 13.1. The van der Waals surface area contributed by atoms with Crippen LogP contribution in [0.5, 0.6) is 0 Å². The van der Waals surface area contributed by atoms with Crippen LogP contribution in [0.15, 0.2) is 10.6 Å². The van der Waals surface area contributed by atoms with E-state index in [-0.39, 0.29) is 17.9 Å². The number of nitrogens with zero attached hydrogens (tertiary/aromatic N) is 6. The van der Waals surface area contributed by atoms with Crippen LogP contribution in [0, 0.1) is 27.7 Å². The van der Waals surface area contributed by atoms with Gasteiger partial charge in [0.2, 0.25) is 5.91 Å². The van der Waals surface area contributed by atoms with E-state index in [2.05, 4.69) is 40.6 Å². The van der Waals surface area contributed by atoms with Crippen molar-refractivity contribution in [3.05, 3.63) is 34.4 Å². The first-order valence-corrected chi connectivity index (χ1v) is 11.2. The summed E-state index contributed by atoms with van der Waals surface area (Å²) in [6.07, 6.45) is 2.38. The number of likely N-dealkylation sites (tertiary alicyclic amines) is 1. The average Bonchev–Trinajstić information content (AvgIpc) is 3.44. The van der Waals surface area contributed by atoms with Crippen LogP contribution in [0.2, 0.25) is 0 Å². The molecule has 0 radical (unpaired) electrons. The van der Waals surface area contributed by atoms with Gasteiger partial charge in [0.25, 0.3) is 0 Å². The van der Waals surface area contributed by atoms with Gasteiger partial charge >= 0.3 is 0 Å². The number of rotatable bonds is 5. The summed E-state index contributed by atoms with van der Waals surface area (Å²) in [6, 6.07) is 1.93. The molecule has 0 N–H and O–H groups in total. The SMILES string of the molecule is Cc1cc(-c2snnc2C2CCCN(C(=O)CC(C)n3nc(C)c(C)c3C)C2)on1. The van der Waals surface area contributed by atoms with Gasteiger partial charge in [0.1, 0.15) is 4.88 Å². The van der Waals surface area contributed by atoms with Crippen LogP contribution in [0.4, 0.5) is 0 Å². The molecule has 0 aromatic carbocycles. The molecule has 1 aliphatic rings. The molecule has 4 heterocycles. The Morgan fingerprint density at radius 1 is 1.33 bits per heavy atom. The van der Waals surface area contributed by atoms with E-state index in [4.69, 9.17) is 4.52 Å². The third kappa shape index (κ3) is 3.90. The zero-order chi connectivity index (χ0) is 21.4. The second-order valence-electron chi connectivity index (χ2n) is 8.29. The smallest absolute Gasteiger partial charge is 0.224 e. The maximum Gasteiger partial charge on any atom is 0.224 e. The average molecular weight is 429 g/mol. The van der Waals surface area contributed by atoms with Crippen LogP contribution in [0.25, 0.3) is 10.6 Å². The van der Waals surface area contributed by atoms with Crippen LogP contribution in [0.1, 0.15) is 66.5 Å². The Kier molecular flexibility index (Phi) is 5.73. The molecule has 1 saturated heterocycles. The summed E-state index contributed by atoms with van der Waals surface area (Å²) >= 11 is 1.32. The lowest BCUT2D eigenvalue weighted by Crippen LogP contribution is -2.40. The quantitative estimate of drug-likeness (QED) is 0.611. The van der Waals surface area contributed by atoms with E-state index in [1.165, 1.54) is 17.1 Å². The molecule has 0 saturated carbocycles. The molecule has 3 aromatic heterocycles. The number of aromatic nitrogens is 5. The normalized spacial score (nSPS) is 18.0. The molecule has 8 nitrogen and oxygen atoms in total. The molecule has 0 aliphatic carbocycles. The second kappa shape index (κ2) is 8.29. The Hall–Kier alpha value is -2.55. The highest BCUT2D eigenvalue weighted by Crippen LogP contribution is 2.36. The van der Waals surface area contributed by atoms with Crippen LogP contribution >= 0.6 is 11.5 Å². The molecule has 0 spiro atoms. The highest BCUT2D eigenvalue weighted by Gasteiger charge is 2.30. The van der Waals surface area contributed by atoms with Crippen LogP contribution in [-0.4, -0.2) is 48.4 Å². The van der Waals surface area contributed by atoms with E-state index >= 15 is 0 Å². The van der Waals surface area contributed by atoms with Crippen molar-refractivity contribution in [1.82, 2.24) is 29.4 Å². The maximum absolute atomic E-state index is 13.1. The summed E-state index contributed by atoms with van der Waals surface area (Å²) in [5, 5.41) is 13.0. The zero-order valence-electron chi connectivity index (χ0n) is 18.2. The van der Waals surface area contributed by atoms with Crippen molar-refractivity contribution in [3.63, 3.8) is 0 Å². The van der Waals surface area contributed by atoms with Gasteiger partial charge in [0, 0.05) is 37.2 Å². The molecular weight excluding hydrogens is 400 g/mol. The molecule has 4 rings (SSSR count). The number of piperidine rings is 1. The Balaban J connectivity index is 1.46. The predicted octanol–water partition coefficient (Wildman–Crippen LogP) is 3.98. The van der Waals surface area contributed by atoms with Gasteiger partial charge in [0.15, 0.2) is 5.76 Å². The minimum atomic E-state index is 0.0268. The van der Waals surface area contributed by atoms with Crippen molar-refractivity contribution >= 4 is 17.4 Å². The number of carbonyl (C=O) groups is 1. The third-order valence-corrected chi connectivity index (χ3v) is 6.86. The molecule has 3 aromatic rings. The first-order chi connectivity index (χ1) is 14.3. The number of hydrogen-bond donors (Lipinski definition) is 0. The fourth-order valence-corrected chi connectivity index (χ4v) is 4.87. The highest BCUT2D eigenvalue weighted by atomic mass is 32.1. The molecule has 1 aliphatic heterocycles. The molecular formula is C21H28N6O2S. The number of carbonyl (C=O) groups excluding carboxylic acids is 1. The largest absolute Gasteiger partial charge is 0.355 e. The summed E-state index contributed by atoms with van der Waals surface area (Å²) in [6.45, 7) is 11.6. The molecule has 30 heavy (non-hydrogen) atoms. The summed E-state index contributed by atoms with van der Waals surface area (Å²) < 4.78 is 11.6. The Morgan fingerprint density at radius 3 is 2.80 bits per heavy atom. The second-order valence-corrected chi connectivity index (χ2v) is 9.05. The van der Waals surface area contributed by atoms with Gasteiger partial charge in [-0.3, -0.25) is 9.48 Å². The molecule has 1 amide bonds. The van der Waals surface area contributed by atoms with E-state index < -0.39 is 0 Å². The van der Waals surface area contributed by atoms with Crippen molar-refractivity contribution in [2.45, 2.75) is 65.8 Å². The van der Waals surface area contributed by atoms with Crippen LogP contribution < -0.4 is 0 Å². The topological polar surface area (TPSA) is 89.9 Å². The van der Waals surface area contributed by atoms with Crippen LogP contribution in [0.3, 0.4) is 0 Å². The lowest BCUT2D eigenvalue weighted by atomic mass is 9.93. The monoisotopic (exact) mass is 428 g/mol. The standard InChI is InChI=1S/C21H28N6O2S/c1-12-9-18(29-24-12)21-20(22-25-30-21)17-7-6-8-26(11-17)19(28)10-13(2)27-16(5)14(3)15(4)23-27/h9,13,17H,6-8,10-11H2,1-5H3. The lowest BCUT2D eigenvalue weighted by Gasteiger charge is -2.33. The first kappa shape index (κ1) is 20.7. The highest BCUT2D eigenvalue weighted by molar-refractivity contribution is 7.09. The molecule has 2 unspecified atom stereocenters. The Labute approximate surface area is 180 Å². The van der Waals surface area contributed by atoms with Gasteiger partial charge in [-0.1, -0.05) is 9.64 Å². The van der Waals surface area contributed by atoms with Gasteiger partial charge in [-0.25, -0.2) is 0 Å². The van der Waals surface area contributed by atoms with Crippen molar-refractivity contribution < 1.29 is 9.32 Å². The molecule has 1 fully saturated rings. The van der Waals surface area contributed by atoms with Gasteiger partial charge < -0.3 is 9.42 Å². The van der Waals surface area contributed by atoms with E-state index in [1.807, 2.05) is 29.5 Å². The fourth-order valence-electron chi connectivity index (χ4n) is 4.18. The van der Waals surface area contributed by atoms with Crippen LogP contribution in [-0.2, 0) is 4.79 Å². The van der Waals surface area contributed by atoms with E-state index in [1.54, 1.807) is 0 Å². The minimum absolute atomic E-state index is 0.0268. The molecule has 2 atom stereocenters. The third-order valence-electron chi connectivity index (χ3n) is 6.10. The molecule has 0 bridgehead atoms. The van der Waals surface area contributed by atoms with Gasteiger partial charge in [0.05, 0.1) is 23.1 Å². The number of aryl methyl sites for hydroxylation is 2. The predicted molar refractivity (Wildman–Crippen MR) is 114 cm³/mol. The number of amides is 1. The zero-order valence-corrected chi connectivity index (χ0v) is 19.0. The lowest BCUT2D eigenvalue weighted by molar-refractivity contribution is -0.133. The van der Waals surface area contributed by atoms with Gasteiger partial charge in [-0.15, -0.1) is 5.10 Å². The van der Waals surface area contributed by atoms with E-state index in [0.717, 1.165) is 47.0 Å². The molecule has 160 valence electrons. The van der Waals surface area contributed by atoms with Gasteiger partial charge in [-0.2, -0.15) is 5.10 Å². The van der Waals surface area contributed by atoms with E-state index in [0.29, 0.717) is 18.7 Å². The van der Waals surface area contributed by atoms with Crippen molar-refractivity contribution in [2.24, 2.45) is 0 Å². The summed E-state index contributed by atoms with van der Waals surface area (Å²) in [4.78, 5) is 16.0. The fraction of sp³-hybridized carbons (Fsp3) is 0.571. The first-order valence-electron chi connectivity index (χ1n) is 10.4. The number of hydrogen-bond acceptors (Lipinski definition) is 7. The summed E-state index contributed by atoms with van der Waals surface area (Å²) in [5.74, 6) is 1.03. The van der Waals surface area contributed by atoms with Gasteiger partial charge in [-0.05, 0) is 64.6 Å². The van der Waals surface area contributed by atoms with E-state index in [9.17, 15) is 4.79 Å². The van der Waals surface area contributed by atoms with Crippen molar-refractivity contribution in [2.75, 3.05) is 13.1 Å². The summed E-state index contributed by atoms with van der Waals surface area (Å²) in [7, 11) is 0. The van der Waals surface area contributed by atoms with Crippen molar-refractivity contribution in [1.29, 1.82) is 0 Å². The Morgan fingerprint density at radius 2 is 2.13 bits per heavy atom. The Bertz CT molecular complexity index is 1050. The van der Waals surface area contributed by atoms with Crippen molar-refractivity contribution in [3.8, 4) is 10.6 Å².